The van der Waals surface area contributed by atoms with Gasteiger partial charge in [-0.05, 0) is 30.7 Å². The third-order valence-corrected chi connectivity index (χ3v) is 3.07. The zero-order valence-corrected chi connectivity index (χ0v) is 11.5. The molecule has 0 aliphatic carbocycles. The van der Waals surface area contributed by atoms with Crippen LogP contribution >= 0.6 is 0 Å². The Morgan fingerprint density at radius 2 is 2.10 bits per heavy atom. The summed E-state index contributed by atoms with van der Waals surface area (Å²) in [7, 11) is 0. The molecule has 1 heterocycles. The van der Waals surface area contributed by atoms with Crippen molar-refractivity contribution in [3.05, 3.63) is 53.6 Å². The molecule has 0 aliphatic heterocycles. The standard InChI is InChI=1S/C15H19N3O2/c1-2-7-16-10-14-17-8-9-18(14)11-12-3-5-13(6-4-12)15(19)20/h3-6,8-9,16H,2,7,10-11H2,1H3,(H,19,20). The van der Waals surface area contributed by atoms with Crippen molar-refractivity contribution < 1.29 is 9.90 Å². The van der Waals surface area contributed by atoms with Crippen LogP contribution in [0.15, 0.2) is 36.7 Å². The van der Waals surface area contributed by atoms with Gasteiger partial charge in [-0.2, -0.15) is 0 Å². The summed E-state index contributed by atoms with van der Waals surface area (Å²) >= 11 is 0. The highest BCUT2D eigenvalue weighted by molar-refractivity contribution is 5.87. The molecule has 2 rings (SSSR count). The van der Waals surface area contributed by atoms with Crippen LogP contribution in [0.4, 0.5) is 0 Å². The smallest absolute Gasteiger partial charge is 0.335 e. The molecule has 0 fully saturated rings. The van der Waals surface area contributed by atoms with Gasteiger partial charge in [0.25, 0.3) is 0 Å². The molecule has 0 unspecified atom stereocenters. The topological polar surface area (TPSA) is 67.2 Å². The highest BCUT2D eigenvalue weighted by Crippen LogP contribution is 2.08. The van der Waals surface area contributed by atoms with E-state index < -0.39 is 5.97 Å². The largest absolute Gasteiger partial charge is 0.478 e. The molecule has 0 atom stereocenters. The van der Waals surface area contributed by atoms with Crippen molar-refractivity contribution >= 4 is 5.97 Å². The zero-order valence-electron chi connectivity index (χ0n) is 11.5. The van der Waals surface area contributed by atoms with E-state index in [4.69, 9.17) is 5.11 Å². The summed E-state index contributed by atoms with van der Waals surface area (Å²) in [6.07, 6.45) is 4.82. The molecule has 1 aromatic heterocycles. The predicted molar refractivity (Wildman–Crippen MR) is 76.7 cm³/mol. The van der Waals surface area contributed by atoms with Crippen LogP contribution in [0, 0.1) is 0 Å². The van der Waals surface area contributed by atoms with Gasteiger partial charge in [0.15, 0.2) is 0 Å². The second kappa shape index (κ2) is 6.86. The Balaban J connectivity index is 2.02. The van der Waals surface area contributed by atoms with E-state index >= 15 is 0 Å². The number of nitrogens with one attached hydrogen (secondary N) is 1. The van der Waals surface area contributed by atoms with Crippen LogP contribution in [0.25, 0.3) is 0 Å². The number of rotatable bonds is 7. The minimum absolute atomic E-state index is 0.309. The Kier molecular flexibility index (Phi) is 4.90. The van der Waals surface area contributed by atoms with E-state index in [2.05, 4.69) is 21.8 Å². The Hall–Kier alpha value is -2.14. The number of nitrogens with zero attached hydrogens (tertiary/aromatic N) is 2. The predicted octanol–water partition coefficient (Wildman–Crippen LogP) is 2.13. The van der Waals surface area contributed by atoms with E-state index in [1.807, 2.05) is 18.3 Å². The maximum absolute atomic E-state index is 10.8. The second-order valence-electron chi connectivity index (χ2n) is 4.65. The van der Waals surface area contributed by atoms with Crippen molar-refractivity contribution in [3.63, 3.8) is 0 Å². The van der Waals surface area contributed by atoms with Crippen LogP contribution in [0.5, 0.6) is 0 Å². The number of hydrogen-bond acceptors (Lipinski definition) is 3. The van der Waals surface area contributed by atoms with Gasteiger partial charge in [0.2, 0.25) is 0 Å². The first-order valence-corrected chi connectivity index (χ1v) is 6.73. The van der Waals surface area contributed by atoms with Crippen molar-refractivity contribution in [2.45, 2.75) is 26.4 Å². The Labute approximate surface area is 118 Å². The molecule has 0 radical (unpaired) electrons. The van der Waals surface area contributed by atoms with Crippen molar-refractivity contribution in [1.29, 1.82) is 0 Å². The van der Waals surface area contributed by atoms with Gasteiger partial charge >= 0.3 is 5.97 Å². The van der Waals surface area contributed by atoms with Crippen molar-refractivity contribution in [2.24, 2.45) is 0 Å². The average molecular weight is 273 g/mol. The fourth-order valence-electron chi connectivity index (χ4n) is 1.98. The Morgan fingerprint density at radius 1 is 1.35 bits per heavy atom. The van der Waals surface area contributed by atoms with Gasteiger partial charge < -0.3 is 15.0 Å². The number of carboxylic acid groups (broad SMARTS) is 1. The molecule has 0 amide bonds. The van der Waals surface area contributed by atoms with Gasteiger partial charge in [-0.3, -0.25) is 0 Å². The normalized spacial score (nSPS) is 10.7. The SMILES string of the molecule is CCCNCc1nccn1Cc1ccc(C(=O)O)cc1. The summed E-state index contributed by atoms with van der Waals surface area (Å²) in [5, 5.41) is 12.2. The van der Waals surface area contributed by atoms with Crippen molar-refractivity contribution in [1.82, 2.24) is 14.9 Å². The number of carboxylic acids is 1. The van der Waals surface area contributed by atoms with E-state index in [0.717, 1.165) is 30.9 Å². The number of imidazole rings is 1. The molecule has 106 valence electrons. The number of aromatic carboxylic acids is 1. The molecular weight excluding hydrogens is 254 g/mol. The lowest BCUT2D eigenvalue weighted by atomic mass is 10.1. The number of aromatic nitrogens is 2. The minimum Gasteiger partial charge on any atom is -0.478 e. The summed E-state index contributed by atoms with van der Waals surface area (Å²) in [4.78, 5) is 15.1. The fourth-order valence-corrected chi connectivity index (χ4v) is 1.98. The van der Waals surface area contributed by atoms with E-state index in [9.17, 15) is 4.79 Å². The summed E-state index contributed by atoms with van der Waals surface area (Å²) in [5.74, 6) is 0.0874. The first-order chi connectivity index (χ1) is 9.70. The number of carbonyl (C=O) groups is 1. The molecule has 0 saturated carbocycles. The van der Waals surface area contributed by atoms with Crippen molar-refractivity contribution in [2.75, 3.05) is 6.54 Å². The summed E-state index contributed by atoms with van der Waals surface area (Å²) in [5.41, 5.74) is 1.37. The quantitative estimate of drug-likeness (QED) is 0.758. The highest BCUT2D eigenvalue weighted by Gasteiger charge is 2.05. The van der Waals surface area contributed by atoms with Crippen LogP contribution in [-0.4, -0.2) is 27.2 Å². The zero-order chi connectivity index (χ0) is 14.4. The summed E-state index contributed by atoms with van der Waals surface area (Å²) < 4.78 is 2.07. The van der Waals surface area contributed by atoms with Gasteiger partial charge in [0, 0.05) is 18.9 Å². The molecule has 2 N–H and O–H groups in total. The molecule has 0 spiro atoms. The minimum atomic E-state index is -0.899. The van der Waals surface area contributed by atoms with Crippen LogP contribution < -0.4 is 5.32 Å². The lowest BCUT2D eigenvalue weighted by Gasteiger charge is -2.09. The molecule has 2 aromatic rings. The molecular formula is C15H19N3O2. The van der Waals surface area contributed by atoms with Gasteiger partial charge in [-0.25, -0.2) is 9.78 Å². The third kappa shape index (κ3) is 3.68. The molecule has 0 saturated heterocycles. The number of benzene rings is 1. The molecule has 1 aromatic carbocycles. The first-order valence-electron chi connectivity index (χ1n) is 6.73. The lowest BCUT2D eigenvalue weighted by Crippen LogP contribution is -2.17. The molecule has 0 aliphatic rings. The Morgan fingerprint density at radius 3 is 2.75 bits per heavy atom. The van der Waals surface area contributed by atoms with E-state index in [1.54, 1.807) is 18.3 Å². The second-order valence-corrected chi connectivity index (χ2v) is 4.65. The van der Waals surface area contributed by atoms with E-state index in [0.29, 0.717) is 12.1 Å². The summed E-state index contributed by atoms with van der Waals surface area (Å²) in [6, 6.07) is 6.94. The fraction of sp³-hybridized carbons (Fsp3) is 0.333. The van der Waals surface area contributed by atoms with Crippen LogP contribution in [-0.2, 0) is 13.1 Å². The van der Waals surface area contributed by atoms with E-state index in [-0.39, 0.29) is 0 Å². The maximum atomic E-state index is 10.8. The molecule has 5 nitrogen and oxygen atoms in total. The average Bonchev–Trinajstić information content (AvgIpc) is 2.87. The molecule has 20 heavy (non-hydrogen) atoms. The van der Waals surface area contributed by atoms with Gasteiger partial charge in [0.05, 0.1) is 12.1 Å². The van der Waals surface area contributed by atoms with Gasteiger partial charge in [0.1, 0.15) is 5.82 Å². The highest BCUT2D eigenvalue weighted by atomic mass is 16.4. The first kappa shape index (κ1) is 14.3. The van der Waals surface area contributed by atoms with Crippen LogP contribution in [0.1, 0.15) is 35.1 Å². The monoisotopic (exact) mass is 273 g/mol. The number of hydrogen-bond donors (Lipinski definition) is 2. The van der Waals surface area contributed by atoms with E-state index in [1.165, 1.54) is 0 Å². The molecule has 5 heteroatoms. The van der Waals surface area contributed by atoms with Gasteiger partial charge in [-0.15, -0.1) is 0 Å². The van der Waals surface area contributed by atoms with Gasteiger partial charge in [-0.1, -0.05) is 19.1 Å². The summed E-state index contributed by atoms with van der Waals surface area (Å²) in [6.45, 7) is 4.54. The van der Waals surface area contributed by atoms with Crippen LogP contribution in [0.3, 0.4) is 0 Å². The Bertz CT molecular complexity index is 561. The maximum Gasteiger partial charge on any atom is 0.335 e. The lowest BCUT2D eigenvalue weighted by molar-refractivity contribution is 0.0697. The third-order valence-electron chi connectivity index (χ3n) is 3.07. The van der Waals surface area contributed by atoms with Crippen LogP contribution in [0.2, 0.25) is 0 Å². The molecule has 0 bridgehead atoms. The van der Waals surface area contributed by atoms with Crippen molar-refractivity contribution in [3.8, 4) is 0 Å².